The summed E-state index contributed by atoms with van der Waals surface area (Å²) in [5, 5.41) is 7.60. The number of aromatic nitrogens is 3. The molecule has 2 heterocycles. The first-order chi connectivity index (χ1) is 12.0. The van der Waals surface area contributed by atoms with Crippen molar-refractivity contribution in [3.05, 3.63) is 30.1 Å². The molecule has 1 aliphatic heterocycles. The van der Waals surface area contributed by atoms with Crippen LogP contribution in [0.15, 0.2) is 29.4 Å². The second-order valence-corrected chi connectivity index (χ2v) is 7.16. The maximum atomic E-state index is 12.3. The van der Waals surface area contributed by atoms with Gasteiger partial charge in [0.15, 0.2) is 17.6 Å². The van der Waals surface area contributed by atoms with Crippen LogP contribution < -0.4 is 9.47 Å². The Hall–Kier alpha value is -2.22. The monoisotopic (exact) mass is 362 g/mol. The smallest absolute Gasteiger partial charge is 0.232 e. The number of rotatable bonds is 6. The van der Waals surface area contributed by atoms with E-state index in [0.717, 1.165) is 17.3 Å². The van der Waals surface area contributed by atoms with E-state index in [0.29, 0.717) is 18.3 Å². The van der Waals surface area contributed by atoms with E-state index in [1.54, 1.807) is 11.9 Å². The van der Waals surface area contributed by atoms with Crippen molar-refractivity contribution in [3.63, 3.8) is 0 Å². The van der Waals surface area contributed by atoms with E-state index >= 15 is 0 Å². The first kappa shape index (κ1) is 17.6. The molecule has 0 unspecified atom stereocenters. The second-order valence-electron chi connectivity index (χ2n) is 6.22. The van der Waals surface area contributed by atoms with Crippen molar-refractivity contribution < 1.29 is 14.3 Å². The second kappa shape index (κ2) is 7.77. The van der Waals surface area contributed by atoms with Crippen molar-refractivity contribution in [2.24, 2.45) is 0 Å². The molecule has 0 aliphatic carbocycles. The number of likely N-dealkylation sites (N-methyl/N-ethyl adjacent to an activating group) is 1. The van der Waals surface area contributed by atoms with Crippen LogP contribution in [-0.4, -0.2) is 58.0 Å². The van der Waals surface area contributed by atoms with Crippen LogP contribution in [0.4, 0.5) is 0 Å². The summed E-state index contributed by atoms with van der Waals surface area (Å²) in [5.41, 5.74) is 0. The van der Waals surface area contributed by atoms with Gasteiger partial charge in [0.1, 0.15) is 12.4 Å². The highest BCUT2D eigenvalue weighted by Gasteiger charge is 2.23. The fourth-order valence-corrected chi connectivity index (χ4v) is 3.12. The Kier molecular flexibility index (Phi) is 5.47. The Morgan fingerprint density at radius 3 is 2.88 bits per heavy atom. The molecule has 8 heteroatoms. The van der Waals surface area contributed by atoms with E-state index in [-0.39, 0.29) is 23.7 Å². The molecule has 1 atom stereocenters. The molecular weight excluding hydrogens is 340 g/mol. The molecule has 3 rings (SSSR count). The molecule has 25 heavy (non-hydrogen) atoms. The molecule has 2 aromatic rings. The van der Waals surface area contributed by atoms with E-state index in [4.69, 9.17) is 9.47 Å². The third kappa shape index (κ3) is 4.45. The number of amides is 1. The lowest BCUT2D eigenvalue weighted by Gasteiger charge is -2.29. The zero-order valence-corrected chi connectivity index (χ0v) is 15.4. The molecule has 0 saturated carbocycles. The molecule has 0 bridgehead atoms. The van der Waals surface area contributed by atoms with Gasteiger partial charge in [0.05, 0.1) is 12.3 Å². The van der Waals surface area contributed by atoms with Crippen molar-refractivity contribution in [1.82, 2.24) is 20.1 Å². The molecule has 1 amide bonds. The minimum Gasteiger partial charge on any atom is -0.486 e. The summed E-state index contributed by atoms with van der Waals surface area (Å²) in [6.07, 6.45) is -0.176. The van der Waals surface area contributed by atoms with Crippen molar-refractivity contribution in [1.29, 1.82) is 0 Å². The number of carbonyl (C=O) groups is 1. The largest absolute Gasteiger partial charge is 0.486 e. The van der Waals surface area contributed by atoms with Gasteiger partial charge >= 0.3 is 0 Å². The highest BCUT2D eigenvalue weighted by atomic mass is 32.2. The molecular formula is C17H22N4O3S. The standard InChI is InChI=1S/C17H22N4O3S/c1-11(2)16-18-17(20-19-16)25-10-15(22)21(3)8-12-9-23-13-6-4-5-7-14(13)24-12/h4-7,11-12H,8-10H2,1-3H3,(H,18,19,20)/t12-/m0/s1. The van der Waals surface area contributed by atoms with Crippen molar-refractivity contribution >= 4 is 17.7 Å². The summed E-state index contributed by atoms with van der Waals surface area (Å²) in [5.74, 6) is 2.87. The first-order valence-corrected chi connectivity index (χ1v) is 9.19. The molecule has 0 saturated heterocycles. The molecule has 1 aromatic heterocycles. The van der Waals surface area contributed by atoms with Crippen LogP contribution in [-0.2, 0) is 4.79 Å². The predicted molar refractivity (Wildman–Crippen MR) is 95.2 cm³/mol. The van der Waals surface area contributed by atoms with Crippen LogP contribution in [0.3, 0.4) is 0 Å². The normalized spacial score (nSPS) is 16.1. The van der Waals surface area contributed by atoms with E-state index in [2.05, 4.69) is 15.2 Å². The SMILES string of the molecule is CC(C)c1nc(SCC(=O)N(C)C[C@H]2COc3ccccc3O2)n[nH]1. The molecule has 0 fully saturated rings. The number of hydrogen-bond donors (Lipinski definition) is 1. The lowest BCUT2D eigenvalue weighted by Crippen LogP contribution is -2.42. The van der Waals surface area contributed by atoms with E-state index < -0.39 is 0 Å². The van der Waals surface area contributed by atoms with Gasteiger partial charge in [-0.1, -0.05) is 37.7 Å². The molecule has 0 radical (unpaired) electrons. The minimum atomic E-state index is -0.176. The zero-order chi connectivity index (χ0) is 17.8. The van der Waals surface area contributed by atoms with Crippen LogP contribution in [0.25, 0.3) is 0 Å². The number of thioether (sulfide) groups is 1. The van der Waals surface area contributed by atoms with Crippen LogP contribution in [0.5, 0.6) is 11.5 Å². The molecule has 1 N–H and O–H groups in total. The van der Waals surface area contributed by atoms with Crippen LogP contribution in [0.1, 0.15) is 25.6 Å². The maximum Gasteiger partial charge on any atom is 0.232 e. The van der Waals surface area contributed by atoms with Crippen LogP contribution in [0.2, 0.25) is 0 Å². The van der Waals surface area contributed by atoms with E-state index in [1.165, 1.54) is 11.8 Å². The third-order valence-electron chi connectivity index (χ3n) is 3.82. The Balaban J connectivity index is 1.48. The minimum absolute atomic E-state index is 0.00311. The number of nitrogens with one attached hydrogen (secondary N) is 1. The summed E-state index contributed by atoms with van der Waals surface area (Å²) < 4.78 is 11.6. The molecule has 1 aromatic carbocycles. The van der Waals surface area contributed by atoms with E-state index in [1.807, 2.05) is 38.1 Å². The topological polar surface area (TPSA) is 80.3 Å². The Morgan fingerprint density at radius 1 is 1.40 bits per heavy atom. The summed E-state index contributed by atoms with van der Waals surface area (Å²) in [6, 6.07) is 7.55. The van der Waals surface area contributed by atoms with Gasteiger partial charge in [0.25, 0.3) is 0 Å². The number of carbonyl (C=O) groups excluding carboxylic acids is 1. The van der Waals surface area contributed by atoms with Crippen molar-refractivity contribution in [2.75, 3.05) is 26.0 Å². The van der Waals surface area contributed by atoms with Crippen LogP contribution >= 0.6 is 11.8 Å². The van der Waals surface area contributed by atoms with Gasteiger partial charge in [-0.3, -0.25) is 9.89 Å². The predicted octanol–water partition coefficient (Wildman–Crippen LogP) is 2.32. The summed E-state index contributed by atoms with van der Waals surface area (Å²) in [4.78, 5) is 18.3. The number of nitrogens with zero attached hydrogens (tertiary/aromatic N) is 3. The van der Waals surface area contributed by atoms with Gasteiger partial charge in [-0.25, -0.2) is 4.98 Å². The summed E-state index contributed by atoms with van der Waals surface area (Å²) in [6.45, 7) is 4.98. The number of fused-ring (bicyclic) bond motifs is 1. The highest BCUT2D eigenvalue weighted by molar-refractivity contribution is 7.99. The number of hydrogen-bond acceptors (Lipinski definition) is 6. The number of aromatic amines is 1. The van der Waals surface area contributed by atoms with Gasteiger partial charge in [-0.15, -0.1) is 5.10 Å². The van der Waals surface area contributed by atoms with Gasteiger partial charge in [-0.05, 0) is 12.1 Å². The van der Waals surface area contributed by atoms with Gasteiger partial charge in [0.2, 0.25) is 11.1 Å². The Morgan fingerprint density at radius 2 is 2.16 bits per heavy atom. The molecule has 0 spiro atoms. The van der Waals surface area contributed by atoms with Gasteiger partial charge in [0, 0.05) is 13.0 Å². The average Bonchev–Trinajstić information content (AvgIpc) is 3.09. The van der Waals surface area contributed by atoms with E-state index in [9.17, 15) is 4.79 Å². The molecule has 1 aliphatic rings. The summed E-state index contributed by atoms with van der Waals surface area (Å²) in [7, 11) is 1.77. The molecule has 134 valence electrons. The van der Waals surface area contributed by atoms with Crippen molar-refractivity contribution in [2.45, 2.75) is 31.0 Å². The Labute approximate surface area is 151 Å². The number of benzene rings is 1. The number of para-hydroxylation sites is 2. The zero-order valence-electron chi connectivity index (χ0n) is 14.6. The average molecular weight is 362 g/mol. The fraction of sp³-hybridized carbons (Fsp3) is 0.471. The fourth-order valence-electron chi connectivity index (χ4n) is 2.38. The highest BCUT2D eigenvalue weighted by Crippen LogP contribution is 2.31. The Bertz CT molecular complexity index is 734. The van der Waals surface area contributed by atoms with Gasteiger partial charge < -0.3 is 14.4 Å². The first-order valence-electron chi connectivity index (χ1n) is 8.20. The lowest BCUT2D eigenvalue weighted by molar-refractivity contribution is -0.128. The summed E-state index contributed by atoms with van der Waals surface area (Å²) >= 11 is 1.33. The van der Waals surface area contributed by atoms with Crippen LogP contribution in [0, 0.1) is 0 Å². The maximum absolute atomic E-state index is 12.3. The quantitative estimate of drug-likeness (QED) is 0.795. The molecule has 7 nitrogen and oxygen atoms in total. The van der Waals surface area contributed by atoms with Gasteiger partial charge in [-0.2, -0.15) is 0 Å². The number of H-pyrrole nitrogens is 1. The lowest BCUT2D eigenvalue weighted by atomic mass is 10.2. The number of ether oxygens (including phenoxy) is 2. The van der Waals surface area contributed by atoms with Crippen molar-refractivity contribution in [3.8, 4) is 11.5 Å². The third-order valence-corrected chi connectivity index (χ3v) is 4.66.